The largest absolute Gasteiger partial charge is 0.348 e. The molecule has 0 radical (unpaired) electrons. The van der Waals surface area contributed by atoms with Gasteiger partial charge in [0.2, 0.25) is 0 Å². The molecule has 3 N–H and O–H groups in total. The zero-order valence-corrected chi connectivity index (χ0v) is 17.2. The first-order valence-electron chi connectivity index (χ1n) is 11.1. The SMILES string of the molecule is N#C[C@]1(N)C[C@@H]2C[C@H]1n1c3ccccc3c3c4c(c5c6ccccc6n2c5c31)CNC4=O. The van der Waals surface area contributed by atoms with Crippen LogP contribution < -0.4 is 11.1 Å². The Labute approximate surface area is 182 Å². The first kappa shape index (κ1) is 16.8. The quantitative estimate of drug-likeness (QED) is 0.395. The third-order valence-electron chi connectivity index (χ3n) is 8.10. The number of nitrogens with zero attached hydrogens (tertiary/aromatic N) is 3. The topological polar surface area (TPSA) is 88.8 Å². The molecule has 5 aromatic rings. The average molecular weight is 417 g/mol. The van der Waals surface area contributed by atoms with Gasteiger partial charge in [-0.25, -0.2) is 0 Å². The molecule has 8 rings (SSSR count). The Morgan fingerprint density at radius 1 is 1.00 bits per heavy atom. The van der Waals surface area contributed by atoms with Crippen LogP contribution in [0.1, 0.15) is 40.8 Å². The lowest BCUT2D eigenvalue weighted by atomic mass is 9.94. The van der Waals surface area contributed by atoms with Crippen LogP contribution >= 0.6 is 0 Å². The number of fused-ring (bicyclic) bond motifs is 13. The number of nitrogens with two attached hydrogens (primary N) is 1. The number of benzene rings is 3. The second-order valence-electron chi connectivity index (χ2n) is 9.52. The average Bonchev–Trinajstić information content (AvgIpc) is 3.51. The Morgan fingerprint density at radius 3 is 2.41 bits per heavy atom. The van der Waals surface area contributed by atoms with E-state index in [0.717, 1.165) is 50.3 Å². The maximum atomic E-state index is 13.2. The van der Waals surface area contributed by atoms with Gasteiger partial charge in [-0.1, -0.05) is 36.4 Å². The van der Waals surface area contributed by atoms with E-state index in [1.54, 1.807) is 0 Å². The van der Waals surface area contributed by atoms with Crippen molar-refractivity contribution < 1.29 is 4.79 Å². The first-order valence-corrected chi connectivity index (χ1v) is 11.1. The lowest BCUT2D eigenvalue weighted by molar-refractivity contribution is 0.0967. The summed E-state index contributed by atoms with van der Waals surface area (Å²) in [5, 5.41) is 17.6. The van der Waals surface area contributed by atoms with E-state index >= 15 is 0 Å². The molecule has 3 aliphatic rings. The number of aromatic nitrogens is 2. The summed E-state index contributed by atoms with van der Waals surface area (Å²) in [6.45, 7) is 0.543. The molecule has 154 valence electrons. The van der Waals surface area contributed by atoms with Gasteiger partial charge in [0.25, 0.3) is 5.91 Å². The standard InChI is InChI=1S/C26H19N5O/c27-12-26(28)10-13-9-19(26)31-18-8-4-2-6-15(18)21-22-16(11-29-25(22)32)20-14-5-1-3-7-17(14)30(13)23(20)24(21)31/h1-8,13,19H,9-11,28H2,(H,29,32)/t13-,19+,26+/m0/s1. The molecule has 6 nitrogen and oxygen atoms in total. The number of rotatable bonds is 0. The van der Waals surface area contributed by atoms with Crippen LogP contribution in [0.25, 0.3) is 43.6 Å². The fraction of sp³-hybridized carbons (Fsp3) is 0.231. The number of nitriles is 1. The van der Waals surface area contributed by atoms with Crippen molar-refractivity contribution in [3.63, 3.8) is 0 Å². The van der Waals surface area contributed by atoms with Gasteiger partial charge in [0.1, 0.15) is 5.54 Å². The zero-order valence-electron chi connectivity index (χ0n) is 17.2. The molecule has 2 aliphatic heterocycles. The molecule has 6 heteroatoms. The summed E-state index contributed by atoms with van der Waals surface area (Å²) in [6.07, 6.45) is 1.42. The highest BCUT2D eigenvalue weighted by atomic mass is 16.1. The second kappa shape index (κ2) is 5.14. The molecule has 0 saturated heterocycles. The van der Waals surface area contributed by atoms with E-state index in [2.05, 4.69) is 56.9 Å². The summed E-state index contributed by atoms with van der Waals surface area (Å²) < 4.78 is 4.72. The Hall–Kier alpha value is -3.82. The second-order valence-corrected chi connectivity index (χ2v) is 9.52. The molecule has 1 amide bonds. The predicted octanol–water partition coefficient (Wildman–Crippen LogP) is 4.26. The minimum Gasteiger partial charge on any atom is -0.348 e. The Kier molecular flexibility index (Phi) is 2.70. The van der Waals surface area contributed by atoms with Crippen molar-refractivity contribution in [2.24, 2.45) is 5.73 Å². The van der Waals surface area contributed by atoms with Crippen molar-refractivity contribution in [3.8, 4) is 6.07 Å². The number of carbonyl (C=O) groups is 1. The summed E-state index contributed by atoms with van der Waals surface area (Å²) in [5.41, 5.74) is 12.1. The smallest absolute Gasteiger partial charge is 0.252 e. The highest BCUT2D eigenvalue weighted by molar-refractivity contribution is 6.31. The van der Waals surface area contributed by atoms with Gasteiger partial charge < -0.3 is 20.2 Å². The van der Waals surface area contributed by atoms with Crippen molar-refractivity contribution >= 4 is 49.5 Å². The summed E-state index contributed by atoms with van der Waals surface area (Å²) in [6, 6.07) is 19.1. The van der Waals surface area contributed by atoms with E-state index in [0.29, 0.717) is 13.0 Å². The van der Waals surface area contributed by atoms with E-state index in [-0.39, 0.29) is 18.0 Å². The van der Waals surface area contributed by atoms with Gasteiger partial charge in [0.15, 0.2) is 0 Å². The fourth-order valence-corrected chi connectivity index (χ4v) is 6.94. The fourth-order valence-electron chi connectivity index (χ4n) is 6.94. The Morgan fingerprint density at radius 2 is 1.66 bits per heavy atom. The monoisotopic (exact) mass is 417 g/mol. The predicted molar refractivity (Wildman–Crippen MR) is 123 cm³/mol. The molecule has 1 saturated carbocycles. The number of hydrogen-bond donors (Lipinski definition) is 2. The van der Waals surface area contributed by atoms with Crippen LogP contribution in [-0.4, -0.2) is 20.6 Å². The molecule has 2 aromatic heterocycles. The van der Waals surface area contributed by atoms with E-state index in [1.165, 1.54) is 10.9 Å². The van der Waals surface area contributed by atoms with Gasteiger partial charge in [0.05, 0.1) is 28.7 Å². The summed E-state index contributed by atoms with van der Waals surface area (Å²) in [4.78, 5) is 13.2. The molecule has 1 aliphatic carbocycles. The van der Waals surface area contributed by atoms with Gasteiger partial charge in [0, 0.05) is 51.6 Å². The normalized spacial score (nSPS) is 25.7. The van der Waals surface area contributed by atoms with Gasteiger partial charge in [-0.15, -0.1) is 0 Å². The zero-order chi connectivity index (χ0) is 21.4. The molecule has 0 spiro atoms. The van der Waals surface area contributed by atoms with Gasteiger partial charge in [-0.2, -0.15) is 5.26 Å². The van der Waals surface area contributed by atoms with Crippen LogP contribution in [0.5, 0.6) is 0 Å². The molecule has 3 aromatic carbocycles. The van der Waals surface area contributed by atoms with Crippen LogP contribution in [0.4, 0.5) is 0 Å². The highest BCUT2D eigenvalue weighted by Crippen LogP contribution is 2.55. The van der Waals surface area contributed by atoms with Crippen molar-refractivity contribution in [1.82, 2.24) is 14.5 Å². The Balaban J connectivity index is 1.77. The summed E-state index contributed by atoms with van der Waals surface area (Å²) in [5.74, 6) is -0.0182. The van der Waals surface area contributed by atoms with E-state index in [1.807, 2.05) is 12.1 Å². The van der Waals surface area contributed by atoms with Crippen molar-refractivity contribution in [3.05, 3.63) is 59.7 Å². The maximum absolute atomic E-state index is 13.2. The van der Waals surface area contributed by atoms with Crippen LogP contribution in [0.3, 0.4) is 0 Å². The van der Waals surface area contributed by atoms with Crippen molar-refractivity contribution in [2.45, 2.75) is 37.0 Å². The number of nitrogens with one attached hydrogen (secondary N) is 1. The van der Waals surface area contributed by atoms with Crippen LogP contribution in [0.2, 0.25) is 0 Å². The molecule has 2 bridgehead atoms. The van der Waals surface area contributed by atoms with Crippen LogP contribution in [0, 0.1) is 11.3 Å². The third kappa shape index (κ3) is 1.62. The molecular formula is C26H19N5O. The summed E-state index contributed by atoms with van der Waals surface area (Å²) >= 11 is 0. The summed E-state index contributed by atoms with van der Waals surface area (Å²) in [7, 11) is 0. The van der Waals surface area contributed by atoms with Crippen LogP contribution in [0.15, 0.2) is 48.5 Å². The molecule has 3 atom stereocenters. The van der Waals surface area contributed by atoms with E-state index < -0.39 is 5.54 Å². The van der Waals surface area contributed by atoms with Gasteiger partial charge in [-0.05, 0) is 24.1 Å². The molecule has 32 heavy (non-hydrogen) atoms. The number of amides is 1. The third-order valence-corrected chi connectivity index (χ3v) is 8.10. The molecular weight excluding hydrogens is 398 g/mol. The van der Waals surface area contributed by atoms with E-state index in [9.17, 15) is 10.1 Å². The first-order chi connectivity index (χ1) is 15.6. The minimum absolute atomic E-state index is 0.0182. The van der Waals surface area contributed by atoms with Gasteiger partial charge >= 0.3 is 0 Å². The number of carbonyl (C=O) groups excluding carboxylic acids is 1. The number of para-hydroxylation sites is 2. The molecule has 1 fully saturated rings. The highest BCUT2D eigenvalue weighted by Gasteiger charge is 2.51. The van der Waals surface area contributed by atoms with Crippen LogP contribution in [-0.2, 0) is 6.54 Å². The van der Waals surface area contributed by atoms with Gasteiger partial charge in [-0.3, -0.25) is 4.79 Å². The van der Waals surface area contributed by atoms with E-state index in [4.69, 9.17) is 5.73 Å². The lowest BCUT2D eigenvalue weighted by Gasteiger charge is -2.28. The minimum atomic E-state index is -0.962. The molecule has 4 heterocycles. The van der Waals surface area contributed by atoms with Crippen molar-refractivity contribution in [2.75, 3.05) is 0 Å². The molecule has 0 unspecified atom stereocenters. The van der Waals surface area contributed by atoms with Crippen molar-refractivity contribution in [1.29, 1.82) is 5.26 Å². The maximum Gasteiger partial charge on any atom is 0.252 e. The number of hydrogen-bond acceptors (Lipinski definition) is 3. The Bertz CT molecular complexity index is 1750. The lowest BCUT2D eigenvalue weighted by Crippen LogP contribution is -2.43.